The van der Waals surface area contributed by atoms with Gasteiger partial charge in [0, 0.05) is 25.7 Å². The fourth-order valence-corrected chi connectivity index (χ4v) is 7.34. The molecule has 0 radical (unpaired) electrons. The Morgan fingerprint density at radius 3 is 2.07 bits per heavy atom. The number of rotatable bonds is 7. The molecule has 3 heterocycles. The van der Waals surface area contributed by atoms with E-state index in [9.17, 15) is 9.90 Å². The monoisotopic (exact) mass is 707 g/mol. The van der Waals surface area contributed by atoms with Crippen molar-refractivity contribution in [2.45, 2.75) is 124 Å². The van der Waals surface area contributed by atoms with Gasteiger partial charge in [-0.3, -0.25) is 10.1 Å². The molecule has 0 unspecified atom stereocenters. The largest absolute Gasteiger partial charge is 1.00 e. The number of benzene rings is 2. The van der Waals surface area contributed by atoms with Gasteiger partial charge in [0.2, 0.25) is 0 Å². The lowest BCUT2D eigenvalue weighted by atomic mass is 9.83. The predicted molar refractivity (Wildman–Crippen MR) is 178 cm³/mol. The first-order valence-electron chi connectivity index (χ1n) is 16.0. The van der Waals surface area contributed by atoms with E-state index in [1.165, 1.54) is 40.9 Å². The highest BCUT2D eigenvalue weighted by Crippen LogP contribution is 2.44. The molecular formula is C37H59BrClN3O3. The summed E-state index contributed by atoms with van der Waals surface area (Å²) in [6.45, 7) is 17.8. The number of esters is 1. The number of aryl methyl sites for hydroxylation is 2. The zero-order valence-electron chi connectivity index (χ0n) is 28.1. The summed E-state index contributed by atoms with van der Waals surface area (Å²) in [5, 5.41) is 11.9. The first kappa shape index (κ1) is 41.3. The van der Waals surface area contributed by atoms with Gasteiger partial charge in [-0.25, -0.2) is 4.99 Å². The smallest absolute Gasteiger partial charge is 0.316 e. The van der Waals surface area contributed by atoms with Crippen LogP contribution >= 0.6 is 0 Å². The fraction of sp³-hybridized carbons (Fsp3) is 0.622. The molecule has 3 aliphatic heterocycles. The second kappa shape index (κ2) is 17.4. The van der Waals surface area contributed by atoms with Gasteiger partial charge in [0.05, 0.1) is 44.7 Å². The highest BCUT2D eigenvalue weighted by atomic mass is 79.9. The van der Waals surface area contributed by atoms with Crippen molar-refractivity contribution in [3.63, 3.8) is 0 Å². The van der Waals surface area contributed by atoms with Gasteiger partial charge in [-0.1, -0.05) is 70.7 Å². The number of nitrogens with two attached hydrogens (primary N) is 1. The number of carbonyl (C=O) groups excluding carboxylic acids is 1. The van der Waals surface area contributed by atoms with Crippen molar-refractivity contribution in [2.75, 3.05) is 26.7 Å². The Balaban J connectivity index is 0.000000437. The third kappa shape index (κ3) is 9.63. The Morgan fingerprint density at radius 2 is 1.62 bits per heavy atom. The van der Waals surface area contributed by atoms with E-state index in [1.807, 2.05) is 30.3 Å². The number of hydrogen-bond acceptors (Lipinski definition) is 4. The Bertz CT molecular complexity index is 1220. The molecule has 3 N–H and O–H groups in total. The third-order valence-electron chi connectivity index (χ3n) is 10.3. The van der Waals surface area contributed by atoms with Gasteiger partial charge in [-0.15, -0.1) is 0 Å². The molecule has 2 saturated heterocycles. The molecule has 254 valence electrons. The van der Waals surface area contributed by atoms with Crippen LogP contribution in [-0.2, 0) is 21.4 Å². The zero-order chi connectivity index (χ0) is 30.7. The molecule has 6 nitrogen and oxygen atoms in total. The molecule has 0 aliphatic carbocycles. The van der Waals surface area contributed by atoms with Gasteiger partial charge in [-0.05, 0) is 60.9 Å². The van der Waals surface area contributed by atoms with Crippen molar-refractivity contribution in [2.24, 2.45) is 4.99 Å². The Hall–Kier alpha value is -1.77. The van der Waals surface area contributed by atoms with Gasteiger partial charge in [0.25, 0.3) is 0 Å². The molecule has 2 aromatic carbocycles. The predicted octanol–water partition coefficient (Wildman–Crippen LogP) is -0.383. The lowest BCUT2D eigenvalue weighted by Gasteiger charge is -2.49. The molecule has 0 saturated carbocycles. The van der Waals surface area contributed by atoms with E-state index in [4.69, 9.17) is 4.74 Å². The van der Waals surface area contributed by atoms with E-state index in [-0.39, 0.29) is 60.9 Å². The summed E-state index contributed by atoms with van der Waals surface area (Å²) >= 11 is 0. The van der Waals surface area contributed by atoms with Gasteiger partial charge in [0.1, 0.15) is 18.6 Å². The minimum atomic E-state index is -0.572. The van der Waals surface area contributed by atoms with Crippen LogP contribution in [0.3, 0.4) is 0 Å². The third-order valence-corrected chi connectivity index (χ3v) is 10.3. The van der Waals surface area contributed by atoms with Crippen LogP contribution in [0.4, 0.5) is 0 Å². The molecular weight excluding hydrogens is 650 g/mol. The number of nitrogens with zero attached hydrogens (tertiary/aromatic N) is 2. The van der Waals surface area contributed by atoms with Gasteiger partial charge in [-0.2, -0.15) is 0 Å². The quantitative estimate of drug-likeness (QED) is 0.305. The summed E-state index contributed by atoms with van der Waals surface area (Å²) < 4.78 is 6.96. The normalized spacial score (nSPS) is 24.2. The second-order valence-electron chi connectivity index (χ2n) is 14.3. The average Bonchev–Trinajstić information content (AvgIpc) is 3.49. The van der Waals surface area contributed by atoms with Crippen molar-refractivity contribution in [3.8, 4) is 0 Å². The standard InChI is InChI=1S/C20H30NO3.C16H24N2.CH4.BrH.ClH/c1-14(2)21(3)16-9-10-17(21)12-18(11-16)24-20(23)19(13-22)15-7-5-4-6-8-15;1-11-8-13(16(3,4)5)9-12(2)14(11)10-15-17-6-7-18-15;;;/h4-8,14,16-19,22H,9-13H2,1-3H3;8-9H,6-7,10H2,1-5H3,(H,17,18);1H4;2*1H/q+1;;;;/p-1/t16-,17-,18?,19+,21?;;;;/m1..../s1. The maximum Gasteiger partial charge on any atom is 0.316 e. The molecule has 0 amide bonds. The van der Waals surface area contributed by atoms with Crippen LogP contribution in [0.5, 0.6) is 0 Å². The van der Waals surface area contributed by atoms with E-state index in [0.717, 1.165) is 42.4 Å². The van der Waals surface area contributed by atoms with Crippen LogP contribution in [0.2, 0.25) is 0 Å². The molecule has 5 rings (SSSR count). The van der Waals surface area contributed by atoms with Crippen molar-refractivity contribution < 1.29 is 53.8 Å². The lowest BCUT2D eigenvalue weighted by Crippen LogP contribution is -3.00. The summed E-state index contributed by atoms with van der Waals surface area (Å²) in [5.74, 6) is 0.412. The van der Waals surface area contributed by atoms with Gasteiger partial charge >= 0.3 is 5.97 Å². The van der Waals surface area contributed by atoms with Crippen LogP contribution in [0.1, 0.15) is 101 Å². The number of aliphatic hydroxyl groups excluding tert-OH is 1. The van der Waals surface area contributed by atoms with E-state index in [2.05, 4.69) is 78.0 Å². The fourth-order valence-electron chi connectivity index (χ4n) is 7.34. The number of amidine groups is 1. The molecule has 3 aliphatic rings. The number of hydrogen-bond donors (Lipinski definition) is 2. The highest BCUT2D eigenvalue weighted by Gasteiger charge is 2.53. The van der Waals surface area contributed by atoms with Gasteiger partial charge in [0.15, 0.2) is 5.84 Å². The number of carbonyl (C=O) groups is 1. The second-order valence-corrected chi connectivity index (χ2v) is 14.3. The Labute approximate surface area is 290 Å². The first-order chi connectivity index (χ1) is 19.8. The zero-order valence-corrected chi connectivity index (χ0v) is 30.4. The Morgan fingerprint density at radius 1 is 1.07 bits per heavy atom. The Kier molecular flexibility index (Phi) is 16.0. The number of aliphatic imine (C=N–C) groups is 1. The number of fused-ring (bicyclic) bond motifs is 2. The van der Waals surface area contributed by atoms with E-state index in [1.54, 1.807) is 0 Å². The van der Waals surface area contributed by atoms with Crippen molar-refractivity contribution in [1.82, 2.24) is 0 Å². The van der Waals surface area contributed by atoms with Gasteiger partial charge < -0.3 is 43.7 Å². The van der Waals surface area contributed by atoms with E-state index < -0.39 is 5.92 Å². The SMILES string of the molecule is C.CC(C)[N+]1(C)[C@@H]2CC[C@@H]1CC(OC(=O)[C@@H](CO)c1ccccc1)C2.Cc1cc(C(C)(C)C)cc(C)c1CC1=NCC[NH2+]1.[Br-].[Cl-]. The van der Waals surface area contributed by atoms with Crippen molar-refractivity contribution in [3.05, 3.63) is 70.3 Å². The number of piperidine rings is 1. The highest BCUT2D eigenvalue weighted by molar-refractivity contribution is 5.78. The molecule has 0 aromatic heterocycles. The minimum Gasteiger partial charge on any atom is -1.00 e. The maximum atomic E-state index is 12.6. The molecule has 8 heteroatoms. The van der Waals surface area contributed by atoms with E-state index >= 15 is 0 Å². The number of halogens is 2. The van der Waals surface area contributed by atoms with Crippen molar-refractivity contribution in [1.29, 1.82) is 0 Å². The molecule has 2 fully saturated rings. The number of aliphatic hydroxyl groups is 1. The van der Waals surface area contributed by atoms with Crippen LogP contribution in [0, 0.1) is 13.8 Å². The maximum absolute atomic E-state index is 12.6. The summed E-state index contributed by atoms with van der Waals surface area (Å²) in [4.78, 5) is 17.1. The number of ether oxygens (including phenoxy) is 1. The van der Waals surface area contributed by atoms with E-state index in [0.29, 0.717) is 18.1 Å². The van der Waals surface area contributed by atoms with Crippen LogP contribution in [-0.4, -0.2) is 72.4 Å². The van der Waals surface area contributed by atoms with Crippen LogP contribution in [0.15, 0.2) is 47.5 Å². The molecule has 3 atom stereocenters. The van der Waals surface area contributed by atoms with Crippen LogP contribution < -0.4 is 34.7 Å². The summed E-state index contributed by atoms with van der Waals surface area (Å²) in [6, 6.07) is 15.9. The molecule has 0 spiro atoms. The number of quaternary nitrogens is 2. The summed E-state index contributed by atoms with van der Waals surface area (Å²) in [5.41, 5.74) is 6.75. The van der Waals surface area contributed by atoms with Crippen molar-refractivity contribution >= 4 is 11.8 Å². The minimum absolute atomic E-state index is 0. The van der Waals surface area contributed by atoms with Crippen LogP contribution in [0.25, 0.3) is 0 Å². The summed E-state index contributed by atoms with van der Waals surface area (Å²) in [7, 11) is 2.37. The first-order valence-corrected chi connectivity index (χ1v) is 16.0. The molecule has 2 aromatic rings. The summed E-state index contributed by atoms with van der Waals surface area (Å²) in [6.07, 6.45) is 5.36. The average molecular weight is 709 g/mol. The molecule has 45 heavy (non-hydrogen) atoms. The lowest BCUT2D eigenvalue weighted by molar-refractivity contribution is -0.968. The molecule has 2 bridgehead atoms. The topological polar surface area (TPSA) is 75.5 Å².